The smallest absolute Gasteiger partial charge is 0.233 e. The van der Waals surface area contributed by atoms with Gasteiger partial charge in [-0.2, -0.15) is 13.5 Å². The van der Waals surface area contributed by atoms with Crippen molar-refractivity contribution >= 4 is 21.4 Å². The van der Waals surface area contributed by atoms with Crippen molar-refractivity contribution in [3.8, 4) is 0 Å². The monoisotopic (exact) mass is 345 g/mol. The Kier molecular flexibility index (Phi) is 4.40. The molecule has 0 aliphatic heterocycles. The normalized spacial score (nSPS) is 12.5. The Bertz CT molecular complexity index is 956. The van der Waals surface area contributed by atoms with Crippen molar-refractivity contribution in [1.82, 2.24) is 9.78 Å². The highest BCUT2D eigenvalue weighted by atomic mass is 32.2. The van der Waals surface area contributed by atoms with E-state index in [0.717, 1.165) is 11.1 Å². The van der Waals surface area contributed by atoms with Gasteiger partial charge in [0.15, 0.2) is 0 Å². The van der Waals surface area contributed by atoms with E-state index in [4.69, 9.17) is 0 Å². The highest BCUT2D eigenvalue weighted by Crippen LogP contribution is 2.12. The van der Waals surface area contributed by atoms with Gasteiger partial charge in [-0.1, -0.05) is 59.4 Å². The van der Waals surface area contributed by atoms with Crippen LogP contribution < -0.4 is 4.80 Å². The van der Waals surface area contributed by atoms with Crippen LogP contribution in [0.2, 0.25) is 0 Å². The highest BCUT2D eigenvalue weighted by molar-refractivity contribution is 7.90. The lowest BCUT2D eigenvalue weighted by molar-refractivity contribution is 0.593. The summed E-state index contributed by atoms with van der Waals surface area (Å²) in [4.78, 5) is 0.539. The fourth-order valence-electron chi connectivity index (χ4n) is 2.04. The van der Waals surface area contributed by atoms with E-state index in [9.17, 15) is 8.42 Å². The molecule has 1 aromatic heterocycles. The van der Waals surface area contributed by atoms with Gasteiger partial charge < -0.3 is 0 Å². The van der Waals surface area contributed by atoms with E-state index in [1.54, 1.807) is 34.5 Å². The summed E-state index contributed by atoms with van der Waals surface area (Å²) < 4.78 is 30.4. The average Bonchev–Trinajstić information content (AvgIpc) is 2.95. The first-order valence-corrected chi connectivity index (χ1v) is 9.29. The first kappa shape index (κ1) is 15.6. The summed E-state index contributed by atoms with van der Waals surface area (Å²) in [7, 11) is -3.74. The Balaban J connectivity index is 1.97. The second-order valence-electron chi connectivity index (χ2n) is 5.04. The minimum atomic E-state index is -3.74. The summed E-state index contributed by atoms with van der Waals surface area (Å²) in [5.41, 5.74) is 3.63. The van der Waals surface area contributed by atoms with Crippen molar-refractivity contribution in [3.05, 3.63) is 76.0 Å². The molecule has 7 heteroatoms. The SMILES string of the molecule is Cc1ccc(S(=O)(=O)N=c2scnn2Cc2ccccc2)cc1. The lowest BCUT2D eigenvalue weighted by atomic mass is 10.2. The third kappa shape index (κ3) is 3.75. The summed E-state index contributed by atoms with van der Waals surface area (Å²) in [5.74, 6) is 0. The maximum Gasteiger partial charge on any atom is 0.285 e. The molecule has 1 heterocycles. The van der Waals surface area contributed by atoms with E-state index < -0.39 is 10.0 Å². The molecule has 3 aromatic rings. The third-order valence-corrected chi connectivity index (χ3v) is 5.37. The Labute approximate surface area is 138 Å². The largest absolute Gasteiger partial charge is 0.285 e. The van der Waals surface area contributed by atoms with Crippen LogP contribution in [0.1, 0.15) is 11.1 Å². The van der Waals surface area contributed by atoms with Gasteiger partial charge in [0, 0.05) is 0 Å². The molecular weight excluding hydrogens is 330 g/mol. The van der Waals surface area contributed by atoms with E-state index in [-0.39, 0.29) is 4.90 Å². The Morgan fingerprint density at radius 2 is 1.78 bits per heavy atom. The predicted molar refractivity (Wildman–Crippen MR) is 89.6 cm³/mol. The van der Waals surface area contributed by atoms with Gasteiger partial charge in [-0.3, -0.25) is 0 Å². The number of hydrogen-bond acceptors (Lipinski definition) is 4. The van der Waals surface area contributed by atoms with Gasteiger partial charge >= 0.3 is 0 Å². The Morgan fingerprint density at radius 3 is 2.48 bits per heavy atom. The van der Waals surface area contributed by atoms with Gasteiger partial charge in [-0.15, -0.1) is 4.40 Å². The van der Waals surface area contributed by atoms with Crippen LogP contribution in [0.4, 0.5) is 0 Å². The molecule has 0 spiro atoms. The second kappa shape index (κ2) is 6.47. The van der Waals surface area contributed by atoms with Gasteiger partial charge in [-0.05, 0) is 24.6 Å². The number of sulfonamides is 1. The molecule has 0 unspecified atom stereocenters. The first-order valence-electron chi connectivity index (χ1n) is 6.97. The van der Waals surface area contributed by atoms with Crippen LogP contribution in [-0.2, 0) is 16.6 Å². The zero-order chi connectivity index (χ0) is 16.3. The standard InChI is InChI=1S/C16H15N3O2S2/c1-13-7-9-15(10-8-13)23(20,21)18-16-19(17-12-22-16)11-14-5-3-2-4-6-14/h2-10,12H,11H2,1H3. The average molecular weight is 345 g/mol. The van der Waals surface area contributed by atoms with Crippen molar-refractivity contribution < 1.29 is 8.42 Å². The number of aryl methyl sites for hydroxylation is 1. The van der Waals surface area contributed by atoms with Crippen molar-refractivity contribution in [2.45, 2.75) is 18.4 Å². The molecule has 3 rings (SSSR count). The summed E-state index contributed by atoms with van der Waals surface area (Å²) in [6.45, 7) is 2.39. The Morgan fingerprint density at radius 1 is 1.09 bits per heavy atom. The van der Waals surface area contributed by atoms with Crippen molar-refractivity contribution in [1.29, 1.82) is 0 Å². The van der Waals surface area contributed by atoms with E-state index in [1.165, 1.54) is 11.3 Å². The molecule has 0 saturated heterocycles. The molecule has 0 bridgehead atoms. The number of benzene rings is 2. The fourth-order valence-corrected chi connectivity index (χ4v) is 3.88. The van der Waals surface area contributed by atoms with Gasteiger partial charge in [0.1, 0.15) is 5.51 Å². The molecule has 0 amide bonds. The molecule has 2 aromatic carbocycles. The van der Waals surface area contributed by atoms with Crippen LogP contribution in [0.3, 0.4) is 0 Å². The van der Waals surface area contributed by atoms with Crippen LogP contribution in [0.15, 0.2) is 69.4 Å². The van der Waals surface area contributed by atoms with Crippen LogP contribution in [0.5, 0.6) is 0 Å². The highest BCUT2D eigenvalue weighted by Gasteiger charge is 2.13. The maximum absolute atomic E-state index is 12.4. The second-order valence-corrected chi connectivity index (χ2v) is 7.46. The molecule has 0 aliphatic rings. The minimum Gasteiger partial charge on any atom is -0.233 e. The molecule has 23 heavy (non-hydrogen) atoms. The molecule has 0 saturated carbocycles. The van der Waals surface area contributed by atoms with Crippen molar-refractivity contribution in [3.63, 3.8) is 0 Å². The zero-order valence-electron chi connectivity index (χ0n) is 12.5. The topological polar surface area (TPSA) is 64.3 Å². The minimum absolute atomic E-state index is 0.183. The van der Waals surface area contributed by atoms with Gasteiger partial charge in [0.05, 0.1) is 11.4 Å². The van der Waals surface area contributed by atoms with Crippen molar-refractivity contribution in [2.75, 3.05) is 0 Å². The molecule has 5 nitrogen and oxygen atoms in total. The molecule has 0 N–H and O–H groups in total. The van der Waals surface area contributed by atoms with Crippen molar-refractivity contribution in [2.24, 2.45) is 4.40 Å². The van der Waals surface area contributed by atoms with E-state index >= 15 is 0 Å². The molecule has 0 radical (unpaired) electrons. The predicted octanol–water partition coefficient (Wildman–Crippen LogP) is 2.59. The fraction of sp³-hybridized carbons (Fsp3) is 0.125. The lowest BCUT2D eigenvalue weighted by Crippen LogP contribution is -2.19. The van der Waals surface area contributed by atoms with Crippen LogP contribution in [-0.4, -0.2) is 18.2 Å². The molecule has 0 atom stereocenters. The van der Waals surface area contributed by atoms with E-state index in [2.05, 4.69) is 9.50 Å². The summed E-state index contributed by atoms with van der Waals surface area (Å²) >= 11 is 1.20. The van der Waals surface area contributed by atoms with Crippen LogP contribution in [0.25, 0.3) is 0 Å². The van der Waals surface area contributed by atoms with Gasteiger partial charge in [0.25, 0.3) is 10.0 Å². The number of nitrogens with zero attached hydrogens (tertiary/aromatic N) is 3. The Hall–Kier alpha value is -2.25. The van der Waals surface area contributed by atoms with E-state index in [1.807, 2.05) is 37.3 Å². The van der Waals surface area contributed by atoms with Crippen LogP contribution >= 0.6 is 11.3 Å². The van der Waals surface area contributed by atoms with E-state index in [0.29, 0.717) is 11.3 Å². The quantitative estimate of drug-likeness (QED) is 0.730. The van der Waals surface area contributed by atoms with Crippen LogP contribution in [0, 0.1) is 6.92 Å². The number of rotatable bonds is 4. The molecular formula is C16H15N3O2S2. The van der Waals surface area contributed by atoms with Gasteiger partial charge in [-0.25, -0.2) is 4.68 Å². The summed E-state index contributed by atoms with van der Waals surface area (Å²) in [5, 5.41) is 4.18. The molecule has 0 fully saturated rings. The molecule has 118 valence electrons. The maximum atomic E-state index is 12.4. The number of hydrogen-bond donors (Lipinski definition) is 0. The zero-order valence-corrected chi connectivity index (χ0v) is 14.1. The first-order chi connectivity index (χ1) is 11.0. The molecule has 0 aliphatic carbocycles. The lowest BCUT2D eigenvalue weighted by Gasteiger charge is -2.02. The summed E-state index contributed by atoms with van der Waals surface area (Å²) in [6.07, 6.45) is 0. The van der Waals surface area contributed by atoms with Gasteiger partial charge in [0.2, 0.25) is 4.80 Å². The third-order valence-electron chi connectivity index (χ3n) is 3.26. The number of aromatic nitrogens is 2. The summed E-state index contributed by atoms with van der Waals surface area (Å²) in [6, 6.07) is 16.4.